The molecule has 0 bridgehead atoms. The van der Waals surface area contributed by atoms with Gasteiger partial charge < -0.3 is 9.47 Å². The van der Waals surface area contributed by atoms with E-state index in [2.05, 4.69) is 18.5 Å². The summed E-state index contributed by atoms with van der Waals surface area (Å²) in [6.07, 6.45) is 0. The van der Waals surface area contributed by atoms with E-state index >= 15 is 0 Å². The van der Waals surface area contributed by atoms with E-state index in [0.29, 0.717) is 6.79 Å². The lowest BCUT2D eigenvalue weighted by Gasteiger charge is -2.02. The van der Waals surface area contributed by atoms with Crippen LogP contribution in [-0.4, -0.2) is 6.79 Å². The first kappa shape index (κ1) is 7.34. The molecule has 4 heteroatoms. The zero-order valence-corrected chi connectivity index (χ0v) is 8.14. The number of benzene rings is 1. The van der Waals surface area contributed by atoms with Gasteiger partial charge in [0.15, 0.2) is 11.5 Å². The van der Waals surface area contributed by atoms with Crippen LogP contribution >= 0.6 is 18.5 Å². The molecular formula is C7H8O2P2. The third-order valence-corrected chi connectivity index (χ3v) is 3.04. The van der Waals surface area contributed by atoms with Crippen molar-refractivity contribution in [2.75, 3.05) is 6.79 Å². The van der Waals surface area contributed by atoms with E-state index < -0.39 is 0 Å². The highest BCUT2D eigenvalue weighted by molar-refractivity contribution is 7.36. The lowest BCUT2D eigenvalue weighted by atomic mass is 10.3. The van der Waals surface area contributed by atoms with Crippen molar-refractivity contribution in [3.05, 3.63) is 12.1 Å². The Balaban J connectivity index is 2.62. The van der Waals surface area contributed by atoms with Gasteiger partial charge in [0.05, 0.1) is 0 Å². The summed E-state index contributed by atoms with van der Waals surface area (Å²) in [5.74, 6) is 1.68. The summed E-state index contributed by atoms with van der Waals surface area (Å²) in [5, 5.41) is 2.18. The molecule has 0 amide bonds. The number of rotatable bonds is 0. The largest absolute Gasteiger partial charge is 0.454 e. The molecule has 0 N–H and O–H groups in total. The van der Waals surface area contributed by atoms with Gasteiger partial charge in [0.2, 0.25) is 6.79 Å². The van der Waals surface area contributed by atoms with Crippen molar-refractivity contribution in [1.82, 2.24) is 0 Å². The quantitative estimate of drug-likeness (QED) is 0.546. The Labute approximate surface area is 69.7 Å². The Bertz CT molecular complexity index is 299. The van der Waals surface area contributed by atoms with Crippen molar-refractivity contribution >= 4 is 29.1 Å². The summed E-state index contributed by atoms with van der Waals surface area (Å²) in [7, 11) is 5.28. The van der Waals surface area contributed by atoms with Crippen LogP contribution in [0.4, 0.5) is 0 Å². The van der Waals surface area contributed by atoms with Crippen LogP contribution in [0.3, 0.4) is 0 Å². The summed E-state index contributed by atoms with van der Waals surface area (Å²) < 4.78 is 10.4. The summed E-state index contributed by atoms with van der Waals surface area (Å²) in [6.45, 7) is 0.338. The highest BCUT2D eigenvalue weighted by atomic mass is 31.0. The zero-order chi connectivity index (χ0) is 7.84. The fourth-order valence-electron chi connectivity index (χ4n) is 1.01. The average Bonchev–Trinajstić information content (AvgIpc) is 2.45. The molecule has 1 aromatic rings. The van der Waals surface area contributed by atoms with Crippen LogP contribution in [0.2, 0.25) is 0 Å². The number of fused-ring (bicyclic) bond motifs is 1. The molecule has 1 aromatic carbocycles. The van der Waals surface area contributed by atoms with Crippen LogP contribution in [0.1, 0.15) is 0 Å². The normalized spacial score (nSPS) is 13.6. The minimum Gasteiger partial charge on any atom is -0.454 e. The van der Waals surface area contributed by atoms with Crippen LogP contribution in [0.25, 0.3) is 0 Å². The third-order valence-electron chi connectivity index (χ3n) is 1.61. The third kappa shape index (κ3) is 1.11. The molecule has 2 rings (SSSR count). The Morgan fingerprint density at radius 1 is 1.18 bits per heavy atom. The highest BCUT2D eigenvalue weighted by Crippen LogP contribution is 2.30. The molecule has 0 fully saturated rings. The van der Waals surface area contributed by atoms with E-state index in [1.807, 2.05) is 12.1 Å². The van der Waals surface area contributed by atoms with E-state index in [-0.39, 0.29) is 0 Å². The molecule has 0 saturated carbocycles. The van der Waals surface area contributed by atoms with Crippen LogP contribution in [0.15, 0.2) is 12.1 Å². The second-order valence-electron chi connectivity index (χ2n) is 2.30. The second kappa shape index (κ2) is 2.62. The predicted octanol–water partition coefficient (Wildman–Crippen LogP) is 0.416. The monoisotopic (exact) mass is 186 g/mol. The molecule has 0 aromatic heterocycles. The molecule has 0 radical (unpaired) electrons. The smallest absolute Gasteiger partial charge is 0.231 e. The molecule has 2 atom stereocenters. The summed E-state index contributed by atoms with van der Waals surface area (Å²) in [5.41, 5.74) is 0. The molecule has 0 saturated heterocycles. The van der Waals surface area contributed by atoms with Gasteiger partial charge in [0, 0.05) is 5.30 Å². The van der Waals surface area contributed by atoms with Crippen LogP contribution in [0.5, 0.6) is 11.5 Å². The lowest BCUT2D eigenvalue weighted by molar-refractivity contribution is 0.174. The fraction of sp³-hybridized carbons (Fsp3) is 0.143. The standard InChI is InChI=1S/C7H8O2P2/c10-5-2-1-4-6(7(5)11)9-3-8-4/h1-2H,3,10-11H2. The number of ether oxygens (including phenoxy) is 2. The van der Waals surface area contributed by atoms with Crippen molar-refractivity contribution in [3.63, 3.8) is 0 Å². The highest BCUT2D eigenvalue weighted by Gasteiger charge is 2.16. The summed E-state index contributed by atoms with van der Waals surface area (Å²) in [6, 6.07) is 3.90. The minimum absolute atomic E-state index is 0.338. The lowest BCUT2D eigenvalue weighted by Crippen LogP contribution is -2.11. The Kier molecular flexibility index (Phi) is 1.75. The first-order valence-corrected chi connectivity index (χ1v) is 4.38. The van der Waals surface area contributed by atoms with Crippen LogP contribution < -0.4 is 20.1 Å². The van der Waals surface area contributed by atoms with Gasteiger partial charge in [-0.25, -0.2) is 0 Å². The van der Waals surface area contributed by atoms with Crippen molar-refractivity contribution in [2.24, 2.45) is 0 Å². The van der Waals surface area contributed by atoms with E-state index in [0.717, 1.165) is 22.1 Å². The number of hydrogen-bond donors (Lipinski definition) is 0. The van der Waals surface area contributed by atoms with Gasteiger partial charge in [0.1, 0.15) is 0 Å². The van der Waals surface area contributed by atoms with Crippen molar-refractivity contribution < 1.29 is 9.47 Å². The Morgan fingerprint density at radius 3 is 2.82 bits per heavy atom. The Hall–Kier alpha value is -0.320. The van der Waals surface area contributed by atoms with E-state index in [9.17, 15) is 0 Å². The van der Waals surface area contributed by atoms with E-state index in [4.69, 9.17) is 9.47 Å². The van der Waals surface area contributed by atoms with Gasteiger partial charge in [-0.05, 0) is 11.4 Å². The molecule has 11 heavy (non-hydrogen) atoms. The van der Waals surface area contributed by atoms with Crippen molar-refractivity contribution in [2.45, 2.75) is 0 Å². The molecule has 1 heterocycles. The van der Waals surface area contributed by atoms with Gasteiger partial charge in [-0.2, -0.15) is 0 Å². The second-order valence-corrected chi connectivity index (χ2v) is 3.50. The van der Waals surface area contributed by atoms with Gasteiger partial charge in [0.25, 0.3) is 0 Å². The maximum atomic E-state index is 5.25. The van der Waals surface area contributed by atoms with Crippen LogP contribution in [0, 0.1) is 0 Å². The number of hydrogen-bond acceptors (Lipinski definition) is 2. The minimum atomic E-state index is 0.338. The van der Waals surface area contributed by atoms with Crippen molar-refractivity contribution in [1.29, 1.82) is 0 Å². The van der Waals surface area contributed by atoms with Gasteiger partial charge in [-0.3, -0.25) is 0 Å². The zero-order valence-electron chi connectivity index (χ0n) is 5.83. The molecule has 0 spiro atoms. The first-order valence-electron chi connectivity index (χ1n) is 3.22. The summed E-state index contributed by atoms with van der Waals surface area (Å²) >= 11 is 0. The molecule has 0 aliphatic carbocycles. The molecule has 58 valence electrons. The van der Waals surface area contributed by atoms with Gasteiger partial charge in [-0.1, -0.05) is 6.07 Å². The van der Waals surface area contributed by atoms with Crippen LogP contribution in [-0.2, 0) is 0 Å². The van der Waals surface area contributed by atoms with E-state index in [1.165, 1.54) is 0 Å². The molecule has 2 unspecified atom stereocenters. The summed E-state index contributed by atoms with van der Waals surface area (Å²) in [4.78, 5) is 0. The molecule has 2 nitrogen and oxygen atoms in total. The fourth-order valence-corrected chi connectivity index (χ4v) is 1.56. The topological polar surface area (TPSA) is 18.5 Å². The average molecular weight is 186 g/mol. The molecule has 1 aliphatic rings. The predicted molar refractivity (Wildman–Crippen MR) is 51.3 cm³/mol. The molecule has 1 aliphatic heterocycles. The molecular weight excluding hydrogens is 178 g/mol. The SMILES string of the molecule is Pc1ccc2c(c1P)OCO2. The Morgan fingerprint density at radius 2 is 2.00 bits per heavy atom. The van der Waals surface area contributed by atoms with Crippen molar-refractivity contribution in [3.8, 4) is 11.5 Å². The van der Waals surface area contributed by atoms with E-state index in [1.54, 1.807) is 0 Å². The first-order chi connectivity index (χ1) is 5.29. The van der Waals surface area contributed by atoms with Gasteiger partial charge >= 0.3 is 0 Å². The maximum Gasteiger partial charge on any atom is 0.231 e. The van der Waals surface area contributed by atoms with Gasteiger partial charge in [-0.15, -0.1) is 18.5 Å². The maximum absolute atomic E-state index is 5.25.